The maximum atomic E-state index is 14.8. The minimum absolute atomic E-state index is 0.122. The number of nitrogens with zero attached hydrogens (tertiary/aromatic N) is 6. The molecule has 452 valence electrons. The van der Waals surface area contributed by atoms with Gasteiger partial charge in [0.2, 0.25) is 46.9 Å². The highest BCUT2D eigenvalue weighted by Gasteiger charge is 2.58. The zero-order valence-electron chi connectivity index (χ0n) is 51.4. The van der Waals surface area contributed by atoms with Gasteiger partial charge in [-0.2, -0.15) is 0 Å². The van der Waals surface area contributed by atoms with Gasteiger partial charge in [-0.25, -0.2) is 9.59 Å². The van der Waals surface area contributed by atoms with E-state index in [0.717, 1.165) is 9.80 Å². The van der Waals surface area contributed by atoms with Crippen molar-refractivity contribution in [3.63, 3.8) is 0 Å². The van der Waals surface area contributed by atoms with Crippen molar-refractivity contribution >= 4 is 59.2 Å². The first-order valence-electron chi connectivity index (χ1n) is 27.6. The third-order valence-corrected chi connectivity index (χ3v) is 14.5. The van der Waals surface area contributed by atoms with Crippen LogP contribution < -0.4 is 16.0 Å². The van der Waals surface area contributed by atoms with Gasteiger partial charge in [0.25, 0.3) is 0 Å². The highest BCUT2D eigenvalue weighted by Crippen LogP contribution is 2.35. The molecular weight excluding hydrogens is 1020 g/mol. The second-order valence-electron chi connectivity index (χ2n) is 24.3. The molecule has 0 saturated heterocycles. The second-order valence-corrected chi connectivity index (χ2v) is 24.3. The van der Waals surface area contributed by atoms with Crippen LogP contribution in [0.1, 0.15) is 143 Å². The Hall–Kier alpha value is -5.84. The van der Waals surface area contributed by atoms with Crippen molar-refractivity contribution in [1.29, 1.82) is 0 Å². The van der Waals surface area contributed by atoms with Crippen LogP contribution in [0.5, 0.6) is 0 Å². The van der Waals surface area contributed by atoms with Gasteiger partial charge in [0, 0.05) is 48.0 Å². The Labute approximate surface area is 469 Å². The van der Waals surface area contributed by atoms with E-state index in [-0.39, 0.29) is 37.0 Å². The van der Waals surface area contributed by atoms with E-state index in [2.05, 4.69) is 16.0 Å². The summed E-state index contributed by atoms with van der Waals surface area (Å²) in [6.45, 7) is 25.9. The fraction of sp³-hybridized carbons (Fsp3) is 0.786. The summed E-state index contributed by atoms with van der Waals surface area (Å²) in [6.07, 6.45) is 0.774. The molecule has 23 heteroatoms. The molecule has 1 aliphatic rings. The summed E-state index contributed by atoms with van der Waals surface area (Å²) >= 11 is 0. The number of likely N-dealkylation sites (N-methyl/N-ethyl adjacent to an activating group) is 6. The van der Waals surface area contributed by atoms with Gasteiger partial charge in [-0.05, 0) is 103 Å². The Morgan fingerprint density at radius 2 is 0.975 bits per heavy atom. The smallest absolute Gasteiger partial charge is 0.410 e. The Morgan fingerprint density at radius 1 is 0.557 bits per heavy atom. The topological polar surface area (TPSA) is 296 Å². The third-order valence-electron chi connectivity index (χ3n) is 14.5. The van der Waals surface area contributed by atoms with Gasteiger partial charge in [-0.1, -0.05) is 75.3 Å². The lowest BCUT2D eigenvalue weighted by Crippen LogP contribution is -2.70. The fourth-order valence-corrected chi connectivity index (χ4v) is 9.64. The average Bonchev–Trinajstić information content (AvgIpc) is 3.30. The van der Waals surface area contributed by atoms with E-state index in [1.807, 2.05) is 41.5 Å². The summed E-state index contributed by atoms with van der Waals surface area (Å²) in [4.78, 5) is 147. The van der Waals surface area contributed by atoms with E-state index in [9.17, 15) is 63.3 Å². The Bertz CT molecular complexity index is 2190. The SMILES string of the molecule is CC(C)CC(C(=O)N(C)C(CC(C)C)C(=O)N(C)C(C(=O)[C@@](C(=O)O)(C(C)O)N(C)C1=CCC1)C(C)C)N(C)C(=O)C(C)NC(=O)C(C)NC(=O)C(CC(C)C)N(C)C(=O)C(NC(=O)C(CO)N(C)C(=O)OC(C)(C)C)C(C)C. The predicted octanol–water partition coefficient (Wildman–Crippen LogP) is 2.85. The monoisotopic (exact) mass is 1120 g/mol. The van der Waals surface area contributed by atoms with E-state index in [4.69, 9.17) is 4.74 Å². The third kappa shape index (κ3) is 18.3. The summed E-state index contributed by atoms with van der Waals surface area (Å²) in [5.41, 5.74) is -2.77. The summed E-state index contributed by atoms with van der Waals surface area (Å²) in [6, 6.07) is -9.98. The number of carboxylic acids is 1. The van der Waals surface area contributed by atoms with Crippen LogP contribution in [0, 0.1) is 29.6 Å². The second kappa shape index (κ2) is 30.1. The van der Waals surface area contributed by atoms with Gasteiger partial charge < -0.3 is 60.5 Å². The Kier molecular flexibility index (Phi) is 27.1. The lowest BCUT2D eigenvalue weighted by Gasteiger charge is -2.47. The molecule has 9 unspecified atom stereocenters. The fourth-order valence-electron chi connectivity index (χ4n) is 9.64. The lowest BCUT2D eigenvalue weighted by molar-refractivity contribution is -0.168. The number of aliphatic carboxylic acids is 1. The molecule has 0 aliphatic heterocycles. The number of carbonyl (C=O) groups is 10. The molecule has 0 aromatic rings. The first-order chi connectivity index (χ1) is 36.1. The number of aliphatic hydroxyl groups is 2. The van der Waals surface area contributed by atoms with Crippen LogP contribution in [0.3, 0.4) is 0 Å². The number of carboxylic acid groups (broad SMARTS) is 1. The molecule has 0 aromatic carbocycles. The molecule has 8 amide bonds. The van der Waals surface area contributed by atoms with Gasteiger partial charge >= 0.3 is 12.1 Å². The maximum absolute atomic E-state index is 14.8. The van der Waals surface area contributed by atoms with E-state index in [0.29, 0.717) is 18.5 Å². The molecule has 1 aliphatic carbocycles. The molecule has 0 bridgehead atoms. The van der Waals surface area contributed by atoms with Crippen LogP contribution >= 0.6 is 0 Å². The van der Waals surface area contributed by atoms with Gasteiger partial charge in [0.15, 0.2) is 5.78 Å². The Balaban J connectivity index is 3.47. The molecule has 0 radical (unpaired) electrons. The number of ether oxygens (including phenoxy) is 1. The number of hydrogen-bond acceptors (Lipinski definition) is 14. The number of aliphatic hydroxyl groups excluding tert-OH is 2. The minimum Gasteiger partial charge on any atom is -0.479 e. The van der Waals surface area contributed by atoms with Gasteiger partial charge in [0.1, 0.15) is 47.9 Å². The predicted molar refractivity (Wildman–Crippen MR) is 298 cm³/mol. The molecule has 0 aromatic heterocycles. The molecule has 0 saturated carbocycles. The van der Waals surface area contributed by atoms with Crippen molar-refractivity contribution < 1.29 is 68.0 Å². The number of nitrogens with one attached hydrogen (secondary N) is 3. The molecular formula is C56H99N9O14. The summed E-state index contributed by atoms with van der Waals surface area (Å²) < 4.78 is 5.35. The van der Waals surface area contributed by atoms with E-state index < -0.39 is 143 Å². The molecule has 6 N–H and O–H groups in total. The number of carbonyl (C=O) groups excluding carboxylic acids is 9. The summed E-state index contributed by atoms with van der Waals surface area (Å²) in [5, 5.41) is 39.8. The van der Waals surface area contributed by atoms with Crippen LogP contribution in [-0.4, -0.2) is 218 Å². The first kappa shape index (κ1) is 71.2. The maximum Gasteiger partial charge on any atom is 0.410 e. The van der Waals surface area contributed by atoms with Crippen molar-refractivity contribution in [3.8, 4) is 0 Å². The molecule has 0 fully saturated rings. The summed E-state index contributed by atoms with van der Waals surface area (Å²) in [5.74, 6) is -9.02. The molecule has 0 spiro atoms. The highest BCUT2D eigenvalue weighted by atomic mass is 16.6. The van der Waals surface area contributed by atoms with E-state index in [1.165, 1.54) is 82.7 Å². The Morgan fingerprint density at radius 3 is 1.35 bits per heavy atom. The zero-order valence-corrected chi connectivity index (χ0v) is 51.4. The van der Waals surface area contributed by atoms with Gasteiger partial charge in [0.05, 0.1) is 18.8 Å². The molecule has 0 heterocycles. The number of allylic oxidation sites excluding steroid dienone is 2. The molecule has 1 rings (SSSR count). The number of Topliss-reactive ketones (excluding diaryl/α,β-unsaturated/α-hetero) is 1. The summed E-state index contributed by atoms with van der Waals surface area (Å²) in [7, 11) is 8.32. The van der Waals surface area contributed by atoms with Crippen LogP contribution in [0.4, 0.5) is 4.79 Å². The molecule has 79 heavy (non-hydrogen) atoms. The van der Waals surface area contributed by atoms with E-state index in [1.54, 1.807) is 54.5 Å². The lowest BCUT2D eigenvalue weighted by atomic mass is 9.78. The quantitative estimate of drug-likeness (QED) is 0.0564. The molecule has 10 atom stereocenters. The van der Waals surface area contributed by atoms with E-state index >= 15 is 0 Å². The van der Waals surface area contributed by atoms with Crippen LogP contribution in [0.2, 0.25) is 0 Å². The number of hydrogen-bond donors (Lipinski definition) is 6. The van der Waals surface area contributed by atoms with Gasteiger partial charge in [-0.3, -0.25) is 43.3 Å². The highest BCUT2D eigenvalue weighted by molar-refractivity contribution is 6.12. The average molecular weight is 1120 g/mol. The largest absolute Gasteiger partial charge is 0.479 e. The van der Waals surface area contributed by atoms with Crippen molar-refractivity contribution in [2.75, 3.05) is 48.9 Å². The zero-order chi connectivity index (χ0) is 61.7. The van der Waals surface area contributed by atoms with Crippen molar-refractivity contribution in [1.82, 2.24) is 45.3 Å². The van der Waals surface area contributed by atoms with Crippen LogP contribution in [0.15, 0.2) is 11.8 Å². The minimum atomic E-state index is -2.45. The number of ketones is 1. The van der Waals surface area contributed by atoms with Crippen LogP contribution in [-0.2, 0) is 47.9 Å². The molecule has 23 nitrogen and oxygen atoms in total. The standard InChI is InChI=1S/C56H99N9O14/c1-30(2)26-39(60(17)52(75)43(33(7)8)59-48(71)42(29-66)63(20)54(78)79-55(14,15)16)47(70)57-35(11)46(69)58-36(12)49(72)61(18)40(27-31(3)4)50(73)62(19)41(28-32(5)6)51(74)64(21)44(34(9)10)45(68)56(37(13)67,53(76)77)65(22)38-24-23-25-38/h24,30-37,39-44,66-67H,23,25-29H2,1-22H3,(H,57,70)(H,58,69)(H,59,71)(H,76,77)/t35?,36?,37?,39?,40?,41?,42?,43?,44?,56-/m1/s1. The normalized spacial score (nSPS) is 16.8. The first-order valence-corrected chi connectivity index (χ1v) is 27.6. The number of rotatable bonds is 30. The van der Waals surface area contributed by atoms with Crippen molar-refractivity contribution in [3.05, 3.63) is 11.8 Å². The van der Waals surface area contributed by atoms with Crippen molar-refractivity contribution in [2.45, 2.75) is 208 Å². The van der Waals surface area contributed by atoms with Crippen molar-refractivity contribution in [2.24, 2.45) is 29.6 Å². The number of amides is 8. The van der Waals surface area contributed by atoms with Gasteiger partial charge in [-0.15, -0.1) is 0 Å². The van der Waals surface area contributed by atoms with Crippen LogP contribution in [0.25, 0.3) is 0 Å².